The summed E-state index contributed by atoms with van der Waals surface area (Å²) in [4.78, 5) is 12.4. The van der Waals surface area contributed by atoms with Crippen molar-refractivity contribution >= 4 is 17.5 Å². The molecule has 0 fully saturated rings. The van der Waals surface area contributed by atoms with Crippen LogP contribution < -0.4 is 4.74 Å². The summed E-state index contributed by atoms with van der Waals surface area (Å²) >= 11 is 1.00. The molecule has 0 spiro atoms. The molecule has 140 valence electrons. The molecule has 5 nitrogen and oxygen atoms in total. The summed E-state index contributed by atoms with van der Waals surface area (Å²) in [6, 6.07) is 10.1. The largest absolute Gasteiger partial charge is 0.493 e. The number of ether oxygens (including phenoxy) is 1. The standard InChI is InChI=1S/C19H16F2N2O3S/c1-3-25-16-7-5-4-6-14(16)18-22-23-19(26-18)27-11(2)17(24)13-9-8-12(20)10-15(13)21/h4-11H,3H2,1-2H3. The molecule has 1 heterocycles. The zero-order valence-electron chi connectivity index (χ0n) is 14.6. The molecule has 3 rings (SSSR count). The molecule has 1 unspecified atom stereocenters. The molecule has 27 heavy (non-hydrogen) atoms. The number of thioether (sulfide) groups is 1. The van der Waals surface area contributed by atoms with Crippen molar-refractivity contribution < 1.29 is 22.7 Å². The summed E-state index contributed by atoms with van der Waals surface area (Å²) < 4.78 is 38.0. The molecule has 0 radical (unpaired) electrons. The number of hydrogen-bond donors (Lipinski definition) is 0. The summed E-state index contributed by atoms with van der Waals surface area (Å²) in [5.41, 5.74) is 0.458. The lowest BCUT2D eigenvalue weighted by molar-refractivity contribution is 0.0989. The van der Waals surface area contributed by atoms with Gasteiger partial charge in [-0.2, -0.15) is 0 Å². The van der Waals surface area contributed by atoms with Crippen molar-refractivity contribution in [1.82, 2.24) is 10.2 Å². The van der Waals surface area contributed by atoms with Crippen LogP contribution in [-0.4, -0.2) is 27.8 Å². The molecular formula is C19H16F2N2O3S. The number of carbonyl (C=O) groups excluding carboxylic acids is 1. The monoisotopic (exact) mass is 390 g/mol. The predicted octanol–water partition coefficient (Wildman–Crippen LogP) is 4.78. The van der Waals surface area contributed by atoms with Crippen molar-refractivity contribution in [3.8, 4) is 17.2 Å². The topological polar surface area (TPSA) is 65.2 Å². The maximum Gasteiger partial charge on any atom is 0.277 e. The number of carbonyl (C=O) groups is 1. The molecule has 0 aliphatic heterocycles. The minimum absolute atomic E-state index is 0.166. The minimum atomic E-state index is -0.899. The minimum Gasteiger partial charge on any atom is -0.493 e. The first-order chi connectivity index (χ1) is 13.0. The molecule has 0 saturated carbocycles. The van der Waals surface area contributed by atoms with Crippen LogP contribution in [0.25, 0.3) is 11.5 Å². The number of ketones is 1. The fourth-order valence-electron chi connectivity index (χ4n) is 2.40. The summed E-state index contributed by atoms with van der Waals surface area (Å²) in [5.74, 6) is -1.26. The molecule has 0 amide bonds. The van der Waals surface area contributed by atoms with Crippen molar-refractivity contribution in [1.29, 1.82) is 0 Å². The molecule has 0 saturated heterocycles. The first-order valence-corrected chi connectivity index (χ1v) is 9.09. The van der Waals surface area contributed by atoms with Gasteiger partial charge in [0.05, 0.1) is 23.0 Å². The van der Waals surface area contributed by atoms with Gasteiger partial charge in [-0.1, -0.05) is 23.9 Å². The van der Waals surface area contributed by atoms with Crippen LogP contribution in [0.2, 0.25) is 0 Å². The Balaban J connectivity index is 1.76. The Morgan fingerprint density at radius 1 is 1.22 bits per heavy atom. The normalized spacial score (nSPS) is 12.0. The second kappa shape index (κ2) is 8.30. The number of Topliss-reactive ketones (excluding diaryl/α,β-unsaturated/α-hetero) is 1. The molecule has 0 bridgehead atoms. The van der Waals surface area contributed by atoms with E-state index in [0.29, 0.717) is 24.0 Å². The number of benzene rings is 2. The van der Waals surface area contributed by atoms with E-state index in [1.165, 1.54) is 0 Å². The lowest BCUT2D eigenvalue weighted by atomic mass is 10.1. The molecular weight excluding hydrogens is 374 g/mol. The van der Waals surface area contributed by atoms with Gasteiger partial charge in [0.15, 0.2) is 5.78 Å². The second-order valence-corrected chi connectivity index (χ2v) is 6.84. The van der Waals surface area contributed by atoms with Gasteiger partial charge >= 0.3 is 0 Å². The Labute approximate surface area is 158 Å². The SMILES string of the molecule is CCOc1ccccc1-c1nnc(SC(C)C(=O)c2ccc(F)cc2F)o1. The van der Waals surface area contributed by atoms with Crippen LogP contribution in [0.1, 0.15) is 24.2 Å². The predicted molar refractivity (Wildman–Crippen MR) is 96.9 cm³/mol. The first-order valence-electron chi connectivity index (χ1n) is 8.21. The lowest BCUT2D eigenvalue weighted by Gasteiger charge is -2.08. The third kappa shape index (κ3) is 4.33. The highest BCUT2D eigenvalue weighted by molar-refractivity contribution is 8.00. The van der Waals surface area contributed by atoms with E-state index < -0.39 is 22.7 Å². The van der Waals surface area contributed by atoms with Gasteiger partial charge in [-0.15, -0.1) is 10.2 Å². The fourth-order valence-corrected chi connectivity index (χ4v) is 3.16. The zero-order valence-corrected chi connectivity index (χ0v) is 15.4. The van der Waals surface area contributed by atoms with Crippen molar-refractivity contribution in [2.75, 3.05) is 6.61 Å². The van der Waals surface area contributed by atoms with E-state index in [4.69, 9.17) is 9.15 Å². The molecule has 3 aromatic rings. The summed E-state index contributed by atoms with van der Waals surface area (Å²) in [5, 5.41) is 7.39. The van der Waals surface area contributed by atoms with Crippen LogP contribution in [0.3, 0.4) is 0 Å². The van der Waals surface area contributed by atoms with Gasteiger partial charge in [-0.3, -0.25) is 4.79 Å². The average molecular weight is 390 g/mol. The van der Waals surface area contributed by atoms with Crippen molar-refractivity contribution in [2.45, 2.75) is 24.3 Å². The van der Waals surface area contributed by atoms with Crippen molar-refractivity contribution in [3.05, 3.63) is 59.7 Å². The van der Waals surface area contributed by atoms with Gasteiger partial charge in [0.2, 0.25) is 0 Å². The smallest absolute Gasteiger partial charge is 0.277 e. The lowest BCUT2D eigenvalue weighted by Crippen LogP contribution is -2.15. The quantitative estimate of drug-likeness (QED) is 0.427. The van der Waals surface area contributed by atoms with Gasteiger partial charge in [0.25, 0.3) is 11.1 Å². The van der Waals surface area contributed by atoms with E-state index in [1.54, 1.807) is 19.1 Å². The highest BCUT2D eigenvalue weighted by Crippen LogP contribution is 2.32. The van der Waals surface area contributed by atoms with Gasteiger partial charge < -0.3 is 9.15 Å². The summed E-state index contributed by atoms with van der Waals surface area (Å²) in [6.07, 6.45) is 0. The fraction of sp³-hybridized carbons (Fsp3) is 0.211. The molecule has 0 aliphatic rings. The number of aromatic nitrogens is 2. The number of nitrogens with zero attached hydrogens (tertiary/aromatic N) is 2. The van der Waals surface area contributed by atoms with Crippen LogP contribution in [0.15, 0.2) is 52.1 Å². The van der Waals surface area contributed by atoms with Gasteiger partial charge in [-0.05, 0) is 38.1 Å². The first kappa shape index (κ1) is 19.0. The van der Waals surface area contributed by atoms with E-state index in [0.717, 1.165) is 23.9 Å². The summed E-state index contributed by atoms with van der Waals surface area (Å²) in [7, 11) is 0. The third-order valence-electron chi connectivity index (χ3n) is 3.67. The zero-order chi connectivity index (χ0) is 19.4. The summed E-state index contributed by atoms with van der Waals surface area (Å²) in [6.45, 7) is 3.95. The number of rotatable bonds is 7. The van der Waals surface area contributed by atoms with Crippen LogP contribution in [0.5, 0.6) is 5.75 Å². The van der Waals surface area contributed by atoms with E-state index >= 15 is 0 Å². The van der Waals surface area contributed by atoms with Gasteiger partial charge in [-0.25, -0.2) is 8.78 Å². The van der Waals surface area contributed by atoms with E-state index in [-0.39, 0.29) is 16.7 Å². The van der Waals surface area contributed by atoms with Crippen LogP contribution in [0, 0.1) is 11.6 Å². The van der Waals surface area contributed by atoms with E-state index in [1.807, 2.05) is 19.1 Å². The molecule has 0 aliphatic carbocycles. The molecule has 8 heteroatoms. The third-order valence-corrected chi connectivity index (χ3v) is 4.60. The van der Waals surface area contributed by atoms with Crippen molar-refractivity contribution in [3.63, 3.8) is 0 Å². The van der Waals surface area contributed by atoms with E-state index in [2.05, 4.69) is 10.2 Å². The number of para-hydroxylation sites is 1. The highest BCUT2D eigenvalue weighted by atomic mass is 32.2. The molecule has 2 aromatic carbocycles. The Hall–Kier alpha value is -2.74. The Morgan fingerprint density at radius 3 is 2.74 bits per heavy atom. The Bertz CT molecular complexity index is 962. The Kier molecular flexibility index (Phi) is 5.85. The Morgan fingerprint density at radius 2 is 2.00 bits per heavy atom. The van der Waals surface area contributed by atoms with Gasteiger partial charge in [0.1, 0.15) is 17.4 Å². The van der Waals surface area contributed by atoms with Gasteiger partial charge in [0, 0.05) is 6.07 Å². The van der Waals surface area contributed by atoms with E-state index in [9.17, 15) is 13.6 Å². The average Bonchev–Trinajstić information content (AvgIpc) is 3.10. The van der Waals surface area contributed by atoms with Crippen molar-refractivity contribution in [2.24, 2.45) is 0 Å². The number of halogens is 2. The van der Waals surface area contributed by atoms with Crippen LogP contribution in [-0.2, 0) is 0 Å². The molecule has 0 N–H and O–H groups in total. The molecule has 1 aromatic heterocycles. The molecule has 1 atom stereocenters. The van der Waals surface area contributed by atoms with Crippen LogP contribution >= 0.6 is 11.8 Å². The maximum atomic E-state index is 13.8. The maximum absolute atomic E-state index is 13.8. The van der Waals surface area contributed by atoms with Crippen LogP contribution in [0.4, 0.5) is 8.78 Å². The number of hydrogen-bond acceptors (Lipinski definition) is 6. The highest BCUT2D eigenvalue weighted by Gasteiger charge is 2.23. The second-order valence-electron chi connectivity index (χ2n) is 5.55.